The summed E-state index contributed by atoms with van der Waals surface area (Å²) < 4.78 is 0. The van der Waals surface area contributed by atoms with E-state index in [1.165, 1.54) is 0 Å². The number of carbonyl (C=O) groups is 1. The van der Waals surface area contributed by atoms with E-state index in [9.17, 15) is 4.79 Å². The van der Waals surface area contributed by atoms with Crippen LogP contribution in [0.2, 0.25) is 0 Å². The van der Waals surface area contributed by atoms with E-state index in [1.54, 1.807) is 11.8 Å². The molecule has 82 valence electrons. The Morgan fingerprint density at radius 1 is 1.40 bits per heavy atom. The van der Waals surface area contributed by atoms with E-state index in [0.717, 1.165) is 17.8 Å². The predicted molar refractivity (Wildman–Crippen MR) is 62.8 cm³/mol. The SMILES string of the molecule is CCNc1ccccc1CN(C)C(C)=O. The van der Waals surface area contributed by atoms with Crippen LogP contribution in [0.5, 0.6) is 0 Å². The first kappa shape index (κ1) is 11.6. The summed E-state index contributed by atoms with van der Waals surface area (Å²) in [7, 11) is 1.81. The number of anilines is 1. The quantitative estimate of drug-likeness (QED) is 0.818. The molecule has 0 atom stereocenters. The third kappa shape index (κ3) is 3.27. The Morgan fingerprint density at radius 2 is 2.07 bits per heavy atom. The molecule has 0 saturated heterocycles. The van der Waals surface area contributed by atoms with Gasteiger partial charge in [-0.15, -0.1) is 0 Å². The number of nitrogens with zero attached hydrogens (tertiary/aromatic N) is 1. The Hall–Kier alpha value is -1.51. The standard InChI is InChI=1S/C12H18N2O/c1-4-13-12-8-6-5-7-11(12)9-14(3)10(2)15/h5-8,13H,4,9H2,1-3H3. The molecular weight excluding hydrogens is 188 g/mol. The first-order chi connectivity index (χ1) is 7.15. The van der Waals surface area contributed by atoms with Gasteiger partial charge in [0.05, 0.1) is 0 Å². The molecule has 3 nitrogen and oxygen atoms in total. The van der Waals surface area contributed by atoms with Crippen molar-refractivity contribution in [2.24, 2.45) is 0 Å². The zero-order chi connectivity index (χ0) is 11.3. The highest BCUT2D eigenvalue weighted by Crippen LogP contribution is 2.16. The number of nitrogens with one attached hydrogen (secondary N) is 1. The van der Waals surface area contributed by atoms with Crippen LogP contribution in [0.15, 0.2) is 24.3 Å². The monoisotopic (exact) mass is 206 g/mol. The van der Waals surface area contributed by atoms with Gasteiger partial charge in [0, 0.05) is 32.7 Å². The molecular formula is C12H18N2O. The van der Waals surface area contributed by atoms with Gasteiger partial charge in [0.15, 0.2) is 0 Å². The van der Waals surface area contributed by atoms with E-state index in [1.807, 2.05) is 31.3 Å². The molecule has 0 unspecified atom stereocenters. The van der Waals surface area contributed by atoms with Crippen LogP contribution in [0.1, 0.15) is 19.4 Å². The van der Waals surface area contributed by atoms with Crippen molar-refractivity contribution in [3.05, 3.63) is 29.8 Å². The van der Waals surface area contributed by atoms with Gasteiger partial charge < -0.3 is 10.2 Å². The normalized spacial score (nSPS) is 9.80. The second-order valence-electron chi connectivity index (χ2n) is 3.56. The number of benzene rings is 1. The number of amides is 1. The average Bonchev–Trinajstić information content (AvgIpc) is 2.21. The molecule has 0 saturated carbocycles. The van der Waals surface area contributed by atoms with E-state index in [4.69, 9.17) is 0 Å². The van der Waals surface area contributed by atoms with Gasteiger partial charge in [-0.25, -0.2) is 0 Å². The van der Waals surface area contributed by atoms with Gasteiger partial charge in [-0.2, -0.15) is 0 Å². The van der Waals surface area contributed by atoms with Crippen LogP contribution < -0.4 is 5.32 Å². The van der Waals surface area contributed by atoms with Gasteiger partial charge >= 0.3 is 0 Å². The Labute approximate surface area is 91.1 Å². The van der Waals surface area contributed by atoms with Crippen LogP contribution in [0.3, 0.4) is 0 Å². The third-order valence-electron chi connectivity index (χ3n) is 2.33. The molecule has 1 N–H and O–H groups in total. The summed E-state index contributed by atoms with van der Waals surface area (Å²) in [5.41, 5.74) is 2.25. The van der Waals surface area contributed by atoms with E-state index in [0.29, 0.717) is 6.54 Å². The number of hydrogen-bond acceptors (Lipinski definition) is 2. The van der Waals surface area contributed by atoms with Crippen LogP contribution >= 0.6 is 0 Å². The second-order valence-corrected chi connectivity index (χ2v) is 3.56. The summed E-state index contributed by atoms with van der Waals surface area (Å²) >= 11 is 0. The second kappa shape index (κ2) is 5.39. The fraction of sp³-hybridized carbons (Fsp3) is 0.417. The maximum absolute atomic E-state index is 11.1. The van der Waals surface area contributed by atoms with Crippen LogP contribution in [-0.2, 0) is 11.3 Å². The first-order valence-corrected chi connectivity index (χ1v) is 5.18. The molecule has 0 spiro atoms. The number of para-hydroxylation sites is 1. The molecule has 0 aliphatic carbocycles. The summed E-state index contributed by atoms with van der Waals surface area (Å²) in [6.07, 6.45) is 0. The predicted octanol–water partition coefficient (Wildman–Crippen LogP) is 2.10. The van der Waals surface area contributed by atoms with Gasteiger partial charge in [0.2, 0.25) is 5.91 Å². The van der Waals surface area contributed by atoms with Crippen LogP contribution in [0, 0.1) is 0 Å². The Balaban J connectivity index is 2.79. The molecule has 1 aromatic rings. The van der Waals surface area contributed by atoms with Gasteiger partial charge in [-0.3, -0.25) is 4.79 Å². The van der Waals surface area contributed by atoms with Crippen molar-refractivity contribution in [1.29, 1.82) is 0 Å². The fourth-order valence-corrected chi connectivity index (χ4v) is 1.39. The lowest BCUT2D eigenvalue weighted by atomic mass is 10.1. The molecule has 1 aromatic carbocycles. The molecule has 0 aromatic heterocycles. The Bertz CT molecular complexity index is 336. The van der Waals surface area contributed by atoms with Crippen molar-refractivity contribution in [2.45, 2.75) is 20.4 Å². The maximum atomic E-state index is 11.1. The molecule has 3 heteroatoms. The minimum absolute atomic E-state index is 0.0845. The van der Waals surface area contributed by atoms with Crippen molar-refractivity contribution in [3.63, 3.8) is 0 Å². The van der Waals surface area contributed by atoms with Crippen LogP contribution in [0.25, 0.3) is 0 Å². The topological polar surface area (TPSA) is 32.3 Å². The summed E-state index contributed by atoms with van der Waals surface area (Å²) in [5.74, 6) is 0.0845. The molecule has 1 rings (SSSR count). The van der Waals surface area contributed by atoms with Crippen molar-refractivity contribution < 1.29 is 4.79 Å². The molecule has 0 heterocycles. The lowest BCUT2D eigenvalue weighted by Gasteiger charge is -2.17. The van der Waals surface area contributed by atoms with E-state index in [2.05, 4.69) is 12.2 Å². The van der Waals surface area contributed by atoms with Gasteiger partial charge in [0.25, 0.3) is 0 Å². The number of rotatable bonds is 4. The Kier molecular flexibility index (Phi) is 4.16. The zero-order valence-electron chi connectivity index (χ0n) is 9.58. The summed E-state index contributed by atoms with van der Waals surface area (Å²) in [4.78, 5) is 12.8. The van der Waals surface area contributed by atoms with Crippen molar-refractivity contribution >= 4 is 11.6 Å². The Morgan fingerprint density at radius 3 is 2.67 bits per heavy atom. The van der Waals surface area contributed by atoms with Gasteiger partial charge in [-0.1, -0.05) is 18.2 Å². The molecule has 0 bridgehead atoms. The lowest BCUT2D eigenvalue weighted by molar-refractivity contribution is -0.128. The van der Waals surface area contributed by atoms with Gasteiger partial charge in [-0.05, 0) is 18.6 Å². The summed E-state index contributed by atoms with van der Waals surface area (Å²) in [6, 6.07) is 8.06. The van der Waals surface area contributed by atoms with Crippen molar-refractivity contribution in [2.75, 3.05) is 18.9 Å². The molecule has 15 heavy (non-hydrogen) atoms. The zero-order valence-corrected chi connectivity index (χ0v) is 9.58. The summed E-state index contributed by atoms with van der Waals surface area (Å²) in [6.45, 7) is 5.18. The van der Waals surface area contributed by atoms with E-state index in [-0.39, 0.29) is 5.91 Å². The largest absolute Gasteiger partial charge is 0.385 e. The molecule has 1 amide bonds. The third-order valence-corrected chi connectivity index (χ3v) is 2.33. The fourth-order valence-electron chi connectivity index (χ4n) is 1.39. The van der Waals surface area contributed by atoms with E-state index >= 15 is 0 Å². The van der Waals surface area contributed by atoms with Crippen LogP contribution in [-0.4, -0.2) is 24.4 Å². The minimum atomic E-state index is 0.0845. The summed E-state index contributed by atoms with van der Waals surface area (Å²) in [5, 5.41) is 3.28. The number of hydrogen-bond donors (Lipinski definition) is 1. The van der Waals surface area contributed by atoms with Crippen LogP contribution in [0.4, 0.5) is 5.69 Å². The molecule has 0 aliphatic heterocycles. The highest BCUT2D eigenvalue weighted by atomic mass is 16.2. The highest BCUT2D eigenvalue weighted by molar-refractivity contribution is 5.73. The molecule has 0 aliphatic rings. The minimum Gasteiger partial charge on any atom is -0.385 e. The van der Waals surface area contributed by atoms with E-state index < -0.39 is 0 Å². The van der Waals surface area contributed by atoms with Crippen molar-refractivity contribution in [3.8, 4) is 0 Å². The maximum Gasteiger partial charge on any atom is 0.219 e. The number of carbonyl (C=O) groups excluding carboxylic acids is 1. The molecule has 0 fully saturated rings. The average molecular weight is 206 g/mol. The van der Waals surface area contributed by atoms with Gasteiger partial charge in [0.1, 0.15) is 0 Å². The molecule has 0 radical (unpaired) electrons. The highest BCUT2D eigenvalue weighted by Gasteiger charge is 2.06. The lowest BCUT2D eigenvalue weighted by Crippen LogP contribution is -2.23. The first-order valence-electron chi connectivity index (χ1n) is 5.18. The smallest absolute Gasteiger partial charge is 0.219 e. The van der Waals surface area contributed by atoms with Crippen molar-refractivity contribution in [1.82, 2.24) is 4.90 Å².